The number of hydrogen-bond acceptors (Lipinski definition) is 4. The van der Waals surface area contributed by atoms with Crippen LogP contribution in [0.2, 0.25) is 0 Å². The molecule has 0 radical (unpaired) electrons. The smallest absolute Gasteiger partial charge is 0.228 e. The van der Waals surface area contributed by atoms with Crippen LogP contribution in [-0.2, 0) is 11.2 Å². The third kappa shape index (κ3) is 3.92. The van der Waals surface area contributed by atoms with E-state index < -0.39 is 0 Å². The molecule has 0 unspecified atom stereocenters. The first-order valence-electron chi connectivity index (χ1n) is 8.45. The van der Waals surface area contributed by atoms with Crippen LogP contribution in [-0.4, -0.2) is 11.7 Å². The zero-order chi connectivity index (χ0) is 18.5. The Morgan fingerprint density at radius 2 is 2.04 bits per heavy atom. The number of anilines is 1. The van der Waals surface area contributed by atoms with Crippen LogP contribution in [0.1, 0.15) is 23.1 Å². The number of hydrogen-bond donors (Lipinski definition) is 1. The maximum atomic E-state index is 12.5. The first kappa shape index (κ1) is 18.1. The third-order valence-corrected chi connectivity index (χ3v) is 5.40. The first-order chi connectivity index (χ1) is 12.6. The first-order valence-corrected chi connectivity index (χ1v) is 9.43. The lowest BCUT2D eigenvalue weighted by molar-refractivity contribution is -0.115. The van der Waals surface area contributed by atoms with Crippen LogP contribution in [0.25, 0.3) is 11.0 Å². The van der Waals surface area contributed by atoms with Gasteiger partial charge in [-0.05, 0) is 37.1 Å². The average molecular weight is 364 g/mol. The van der Waals surface area contributed by atoms with E-state index in [4.69, 9.17) is 9.68 Å². The number of carbonyl (C=O) groups is 1. The molecule has 0 saturated heterocycles. The lowest BCUT2D eigenvalue weighted by Crippen LogP contribution is -2.14. The highest BCUT2D eigenvalue weighted by Gasteiger charge is 2.14. The topological polar surface area (TPSA) is 66.0 Å². The number of benzene rings is 2. The van der Waals surface area contributed by atoms with Gasteiger partial charge >= 0.3 is 0 Å². The van der Waals surface area contributed by atoms with Crippen molar-refractivity contribution in [3.8, 4) is 6.07 Å². The summed E-state index contributed by atoms with van der Waals surface area (Å²) in [7, 11) is 0. The van der Waals surface area contributed by atoms with Gasteiger partial charge in [-0.3, -0.25) is 4.79 Å². The standard InChI is InChI=1S/C21H20N2O2S/c1-14-8-9-17-16(13-25-21(17)15(14)2)12-20(24)23-18-6-3-4-7-19(18)26-11-5-10-22/h3-4,6-9,13H,5,11-12H2,1-2H3,(H,23,24). The maximum absolute atomic E-state index is 12.5. The minimum Gasteiger partial charge on any atom is -0.464 e. The normalized spacial score (nSPS) is 10.7. The van der Waals surface area contributed by atoms with Crippen LogP contribution in [0.3, 0.4) is 0 Å². The molecule has 1 aromatic heterocycles. The van der Waals surface area contributed by atoms with Gasteiger partial charge in [0.1, 0.15) is 5.58 Å². The molecule has 0 aliphatic carbocycles. The number of para-hydroxylation sites is 1. The fourth-order valence-electron chi connectivity index (χ4n) is 2.80. The fraction of sp³-hybridized carbons (Fsp3) is 0.238. The van der Waals surface area contributed by atoms with Crippen molar-refractivity contribution in [2.24, 2.45) is 0 Å². The lowest BCUT2D eigenvalue weighted by atomic mass is 10.0. The van der Waals surface area contributed by atoms with E-state index in [1.54, 1.807) is 18.0 Å². The minimum atomic E-state index is -0.0840. The summed E-state index contributed by atoms with van der Waals surface area (Å²) in [4.78, 5) is 13.5. The van der Waals surface area contributed by atoms with Crippen molar-refractivity contribution in [2.75, 3.05) is 11.1 Å². The summed E-state index contributed by atoms with van der Waals surface area (Å²) in [5.41, 5.74) is 4.79. The number of furan rings is 1. The Bertz CT molecular complexity index is 985. The number of carbonyl (C=O) groups excluding carboxylic acids is 1. The molecule has 3 aromatic rings. The van der Waals surface area contributed by atoms with Gasteiger partial charge in [0, 0.05) is 28.0 Å². The number of thioether (sulfide) groups is 1. The molecule has 0 aliphatic heterocycles. The van der Waals surface area contributed by atoms with Crippen molar-refractivity contribution < 1.29 is 9.21 Å². The highest BCUT2D eigenvalue weighted by Crippen LogP contribution is 2.29. The third-order valence-electron chi connectivity index (χ3n) is 4.33. The van der Waals surface area contributed by atoms with Gasteiger partial charge in [0.15, 0.2) is 0 Å². The number of nitrogens with zero attached hydrogens (tertiary/aromatic N) is 1. The molecule has 1 N–H and O–H groups in total. The molecule has 3 rings (SSSR count). The van der Waals surface area contributed by atoms with Gasteiger partial charge in [-0.25, -0.2) is 0 Å². The van der Waals surface area contributed by atoms with Crippen LogP contribution in [0.5, 0.6) is 0 Å². The van der Waals surface area contributed by atoms with Gasteiger partial charge in [-0.2, -0.15) is 5.26 Å². The predicted octanol–water partition coefficient (Wildman–Crippen LogP) is 5.24. The molecule has 0 saturated carbocycles. The SMILES string of the molecule is Cc1ccc2c(CC(=O)Nc3ccccc3SCCC#N)coc2c1C. The zero-order valence-corrected chi connectivity index (χ0v) is 15.7. The summed E-state index contributed by atoms with van der Waals surface area (Å²) in [6, 6.07) is 13.9. The molecule has 5 heteroatoms. The second-order valence-electron chi connectivity index (χ2n) is 6.12. The van der Waals surface area contributed by atoms with E-state index in [0.717, 1.165) is 32.7 Å². The number of nitriles is 1. The number of fused-ring (bicyclic) bond motifs is 1. The van der Waals surface area contributed by atoms with E-state index in [1.807, 2.05) is 44.2 Å². The lowest BCUT2D eigenvalue weighted by Gasteiger charge is -2.10. The molecule has 0 bridgehead atoms. The van der Waals surface area contributed by atoms with Crippen molar-refractivity contribution >= 4 is 34.3 Å². The van der Waals surface area contributed by atoms with Crippen molar-refractivity contribution in [1.29, 1.82) is 5.26 Å². The Balaban J connectivity index is 1.74. The molecule has 0 fully saturated rings. The van der Waals surface area contributed by atoms with Gasteiger partial charge in [0.2, 0.25) is 5.91 Å². The minimum absolute atomic E-state index is 0.0840. The summed E-state index contributed by atoms with van der Waals surface area (Å²) in [6.07, 6.45) is 2.41. The molecule has 0 atom stereocenters. The average Bonchev–Trinajstić information content (AvgIpc) is 3.03. The zero-order valence-electron chi connectivity index (χ0n) is 14.8. The quantitative estimate of drug-likeness (QED) is 0.480. The molecular formula is C21H20N2O2S. The molecule has 4 nitrogen and oxygen atoms in total. The van der Waals surface area contributed by atoms with Gasteiger partial charge in [-0.15, -0.1) is 11.8 Å². The molecule has 0 aliphatic rings. The Hall–Kier alpha value is -2.71. The van der Waals surface area contributed by atoms with Gasteiger partial charge in [0.05, 0.1) is 24.4 Å². The number of aryl methyl sites for hydroxylation is 2. The van der Waals surface area contributed by atoms with Crippen LogP contribution in [0.15, 0.2) is 52.0 Å². The van der Waals surface area contributed by atoms with E-state index in [9.17, 15) is 4.79 Å². The summed E-state index contributed by atoms with van der Waals surface area (Å²) in [5.74, 6) is 0.619. The monoisotopic (exact) mass is 364 g/mol. The van der Waals surface area contributed by atoms with E-state index in [2.05, 4.69) is 17.5 Å². The van der Waals surface area contributed by atoms with Gasteiger partial charge in [-0.1, -0.05) is 24.3 Å². The van der Waals surface area contributed by atoms with Gasteiger partial charge < -0.3 is 9.73 Å². The molecule has 0 spiro atoms. The second kappa shape index (κ2) is 8.11. The Morgan fingerprint density at radius 3 is 2.85 bits per heavy atom. The molecule has 132 valence electrons. The van der Waals surface area contributed by atoms with Crippen LogP contribution < -0.4 is 5.32 Å². The summed E-state index contributed by atoms with van der Waals surface area (Å²) >= 11 is 1.57. The second-order valence-corrected chi connectivity index (χ2v) is 7.26. The van der Waals surface area contributed by atoms with Gasteiger partial charge in [0.25, 0.3) is 0 Å². The number of amides is 1. The van der Waals surface area contributed by atoms with Crippen LogP contribution in [0, 0.1) is 25.2 Å². The van der Waals surface area contributed by atoms with E-state index >= 15 is 0 Å². The largest absolute Gasteiger partial charge is 0.464 e. The Kier molecular flexibility index (Phi) is 5.65. The summed E-state index contributed by atoms with van der Waals surface area (Å²) in [5, 5.41) is 12.7. The Morgan fingerprint density at radius 1 is 1.23 bits per heavy atom. The number of rotatable bonds is 6. The molecule has 2 aromatic carbocycles. The van der Waals surface area contributed by atoms with E-state index in [0.29, 0.717) is 12.2 Å². The van der Waals surface area contributed by atoms with Crippen LogP contribution in [0.4, 0.5) is 5.69 Å². The molecular weight excluding hydrogens is 344 g/mol. The maximum Gasteiger partial charge on any atom is 0.228 e. The van der Waals surface area contributed by atoms with Crippen molar-refractivity contribution in [1.82, 2.24) is 0 Å². The number of nitrogens with one attached hydrogen (secondary N) is 1. The van der Waals surface area contributed by atoms with E-state index in [1.165, 1.54) is 5.56 Å². The Labute approximate surface area is 157 Å². The highest BCUT2D eigenvalue weighted by molar-refractivity contribution is 7.99. The molecule has 1 amide bonds. The van der Waals surface area contributed by atoms with Crippen molar-refractivity contribution in [3.63, 3.8) is 0 Å². The molecule has 26 heavy (non-hydrogen) atoms. The summed E-state index contributed by atoms with van der Waals surface area (Å²) in [6.45, 7) is 4.07. The van der Waals surface area contributed by atoms with E-state index in [-0.39, 0.29) is 12.3 Å². The van der Waals surface area contributed by atoms with Crippen LogP contribution >= 0.6 is 11.8 Å². The fourth-order valence-corrected chi connectivity index (χ4v) is 3.66. The summed E-state index contributed by atoms with van der Waals surface area (Å²) < 4.78 is 5.69. The molecule has 1 heterocycles. The van der Waals surface area contributed by atoms with Crippen molar-refractivity contribution in [3.05, 3.63) is 59.4 Å². The predicted molar refractivity (Wildman–Crippen MR) is 105 cm³/mol. The highest BCUT2D eigenvalue weighted by atomic mass is 32.2. The van der Waals surface area contributed by atoms with Crippen molar-refractivity contribution in [2.45, 2.75) is 31.6 Å².